The Labute approximate surface area is 126 Å². The molecule has 0 bridgehead atoms. The number of carbonyl (C=O) groups excluding carboxylic acids is 2. The van der Waals surface area contributed by atoms with Crippen molar-refractivity contribution >= 4 is 11.8 Å². The van der Waals surface area contributed by atoms with Crippen molar-refractivity contribution in [3.8, 4) is 0 Å². The van der Waals surface area contributed by atoms with Crippen LogP contribution in [0.3, 0.4) is 0 Å². The van der Waals surface area contributed by atoms with Crippen molar-refractivity contribution in [2.75, 3.05) is 39.9 Å². The van der Waals surface area contributed by atoms with Crippen LogP contribution in [-0.2, 0) is 14.3 Å². The Morgan fingerprint density at radius 2 is 2.14 bits per heavy atom. The van der Waals surface area contributed by atoms with Crippen molar-refractivity contribution in [3.05, 3.63) is 0 Å². The number of likely N-dealkylation sites (tertiary alicyclic amines) is 1. The van der Waals surface area contributed by atoms with Gasteiger partial charge in [0.15, 0.2) is 0 Å². The van der Waals surface area contributed by atoms with Crippen molar-refractivity contribution in [2.24, 2.45) is 11.3 Å². The van der Waals surface area contributed by atoms with E-state index in [0.717, 1.165) is 19.4 Å². The second-order valence-corrected chi connectivity index (χ2v) is 6.35. The molecule has 2 fully saturated rings. The van der Waals surface area contributed by atoms with Gasteiger partial charge >= 0.3 is 0 Å². The smallest absolute Gasteiger partial charge is 0.229 e. The number of nitrogens with one attached hydrogen (secondary N) is 2. The van der Waals surface area contributed by atoms with E-state index in [2.05, 4.69) is 17.6 Å². The summed E-state index contributed by atoms with van der Waals surface area (Å²) in [6.07, 6.45) is 1.76. The molecule has 0 saturated carbocycles. The molecule has 6 heteroatoms. The number of nitrogens with zero attached hydrogens (tertiary/aromatic N) is 1. The van der Waals surface area contributed by atoms with Crippen LogP contribution in [0.25, 0.3) is 0 Å². The molecule has 0 aromatic heterocycles. The van der Waals surface area contributed by atoms with Crippen LogP contribution < -0.4 is 10.6 Å². The van der Waals surface area contributed by atoms with E-state index in [1.807, 2.05) is 11.8 Å². The molecule has 2 heterocycles. The molecule has 2 saturated heterocycles. The second kappa shape index (κ2) is 6.75. The van der Waals surface area contributed by atoms with E-state index >= 15 is 0 Å². The predicted molar refractivity (Wildman–Crippen MR) is 79.8 cm³/mol. The zero-order valence-corrected chi connectivity index (χ0v) is 13.3. The minimum absolute atomic E-state index is 0.0149. The van der Waals surface area contributed by atoms with Gasteiger partial charge < -0.3 is 20.3 Å². The highest BCUT2D eigenvalue weighted by molar-refractivity contribution is 5.85. The molecule has 0 spiro atoms. The molecule has 21 heavy (non-hydrogen) atoms. The molecule has 2 aliphatic rings. The van der Waals surface area contributed by atoms with Crippen molar-refractivity contribution in [2.45, 2.75) is 32.7 Å². The molecule has 6 nitrogen and oxygen atoms in total. The van der Waals surface area contributed by atoms with Crippen LogP contribution in [0.5, 0.6) is 0 Å². The Morgan fingerprint density at radius 1 is 1.38 bits per heavy atom. The predicted octanol–water partition coefficient (Wildman–Crippen LogP) is -0.0144. The Bertz CT molecular complexity index is 402. The van der Waals surface area contributed by atoms with Crippen LogP contribution >= 0.6 is 0 Å². The molecule has 3 atom stereocenters. The second-order valence-electron chi connectivity index (χ2n) is 6.35. The van der Waals surface area contributed by atoms with E-state index in [1.54, 1.807) is 7.05 Å². The summed E-state index contributed by atoms with van der Waals surface area (Å²) < 4.78 is 5.48. The third-order valence-electron chi connectivity index (χ3n) is 4.61. The van der Waals surface area contributed by atoms with Gasteiger partial charge in [-0.25, -0.2) is 0 Å². The van der Waals surface area contributed by atoms with E-state index in [4.69, 9.17) is 4.74 Å². The third kappa shape index (κ3) is 3.37. The lowest BCUT2D eigenvalue weighted by Crippen LogP contribution is -2.47. The fourth-order valence-electron chi connectivity index (χ4n) is 3.20. The van der Waals surface area contributed by atoms with Gasteiger partial charge in [-0.15, -0.1) is 0 Å². The highest BCUT2D eigenvalue weighted by Crippen LogP contribution is 2.32. The standard InChI is InChI=1S/C15H27N3O3/c1-4-6-17-12-9-21-8-11(12)13(19)18-7-5-15(2,10-18)14(20)16-3/h11-12,17H,4-10H2,1-3H3,(H,16,20). The van der Waals surface area contributed by atoms with Gasteiger partial charge in [-0.3, -0.25) is 9.59 Å². The van der Waals surface area contributed by atoms with Crippen LogP contribution in [0.15, 0.2) is 0 Å². The maximum absolute atomic E-state index is 12.7. The van der Waals surface area contributed by atoms with E-state index < -0.39 is 5.41 Å². The average molecular weight is 297 g/mol. The average Bonchev–Trinajstić information content (AvgIpc) is 3.11. The zero-order chi connectivity index (χ0) is 15.5. The fourth-order valence-corrected chi connectivity index (χ4v) is 3.20. The van der Waals surface area contributed by atoms with E-state index in [9.17, 15) is 9.59 Å². The maximum atomic E-state index is 12.7. The van der Waals surface area contributed by atoms with Gasteiger partial charge in [0.25, 0.3) is 0 Å². The Hall–Kier alpha value is -1.14. The lowest BCUT2D eigenvalue weighted by atomic mass is 9.89. The largest absolute Gasteiger partial charge is 0.379 e. The third-order valence-corrected chi connectivity index (χ3v) is 4.61. The van der Waals surface area contributed by atoms with E-state index in [-0.39, 0.29) is 23.8 Å². The number of hydrogen-bond acceptors (Lipinski definition) is 4. The zero-order valence-electron chi connectivity index (χ0n) is 13.3. The van der Waals surface area contributed by atoms with Gasteiger partial charge in [-0.1, -0.05) is 6.92 Å². The summed E-state index contributed by atoms with van der Waals surface area (Å²) in [5.74, 6) is 0.0125. The Balaban J connectivity index is 1.96. The number of carbonyl (C=O) groups is 2. The van der Waals surface area contributed by atoms with Crippen LogP contribution in [0, 0.1) is 11.3 Å². The normalized spacial score (nSPS) is 32.4. The van der Waals surface area contributed by atoms with Crippen LogP contribution in [0.1, 0.15) is 26.7 Å². The molecule has 2 aliphatic heterocycles. The molecular formula is C15H27N3O3. The molecule has 2 N–H and O–H groups in total. The molecule has 0 aromatic rings. The molecule has 3 unspecified atom stereocenters. The first-order valence-corrected chi connectivity index (χ1v) is 7.84. The summed E-state index contributed by atoms with van der Waals surface area (Å²) in [6.45, 7) is 7.16. The fraction of sp³-hybridized carbons (Fsp3) is 0.867. The summed E-state index contributed by atoms with van der Waals surface area (Å²) in [5, 5.41) is 6.09. The van der Waals surface area contributed by atoms with Gasteiger partial charge in [0.05, 0.1) is 24.5 Å². The summed E-state index contributed by atoms with van der Waals surface area (Å²) in [5.41, 5.74) is -0.462. The molecule has 0 radical (unpaired) electrons. The first-order chi connectivity index (χ1) is 10.0. The summed E-state index contributed by atoms with van der Waals surface area (Å²) in [7, 11) is 1.65. The van der Waals surface area contributed by atoms with Crippen molar-refractivity contribution in [3.63, 3.8) is 0 Å². The highest BCUT2D eigenvalue weighted by atomic mass is 16.5. The van der Waals surface area contributed by atoms with Gasteiger partial charge in [-0.05, 0) is 26.3 Å². The summed E-state index contributed by atoms with van der Waals surface area (Å²) in [6, 6.07) is 0.101. The quantitative estimate of drug-likeness (QED) is 0.748. The van der Waals surface area contributed by atoms with Crippen molar-refractivity contribution in [1.29, 1.82) is 0 Å². The van der Waals surface area contributed by atoms with Gasteiger partial charge in [0.2, 0.25) is 11.8 Å². The van der Waals surface area contributed by atoms with E-state index in [1.165, 1.54) is 0 Å². The first kappa shape index (κ1) is 16.2. The van der Waals surface area contributed by atoms with Gasteiger partial charge in [0.1, 0.15) is 0 Å². The summed E-state index contributed by atoms with van der Waals surface area (Å²) in [4.78, 5) is 26.5. The number of amides is 2. The Kier molecular flexibility index (Phi) is 5.22. The number of hydrogen-bond donors (Lipinski definition) is 2. The van der Waals surface area contributed by atoms with Crippen LogP contribution in [0.2, 0.25) is 0 Å². The van der Waals surface area contributed by atoms with Gasteiger partial charge in [-0.2, -0.15) is 0 Å². The highest BCUT2D eigenvalue weighted by Gasteiger charge is 2.44. The Morgan fingerprint density at radius 3 is 2.81 bits per heavy atom. The number of ether oxygens (including phenoxy) is 1. The summed E-state index contributed by atoms with van der Waals surface area (Å²) >= 11 is 0. The SMILES string of the molecule is CCCNC1COCC1C(=O)N1CCC(C)(C(=O)NC)C1. The monoisotopic (exact) mass is 297 g/mol. The maximum Gasteiger partial charge on any atom is 0.229 e. The van der Waals surface area contributed by atoms with Crippen LogP contribution in [0.4, 0.5) is 0 Å². The molecule has 2 amide bonds. The molecule has 0 aromatic carbocycles. The minimum Gasteiger partial charge on any atom is -0.379 e. The molecule has 0 aliphatic carbocycles. The lowest BCUT2D eigenvalue weighted by molar-refractivity contribution is -0.136. The first-order valence-electron chi connectivity index (χ1n) is 7.84. The van der Waals surface area contributed by atoms with E-state index in [0.29, 0.717) is 26.3 Å². The van der Waals surface area contributed by atoms with Crippen molar-refractivity contribution < 1.29 is 14.3 Å². The topological polar surface area (TPSA) is 70.7 Å². The van der Waals surface area contributed by atoms with Crippen LogP contribution in [-0.4, -0.2) is 62.7 Å². The van der Waals surface area contributed by atoms with Crippen molar-refractivity contribution in [1.82, 2.24) is 15.5 Å². The number of rotatable bonds is 5. The molecule has 2 rings (SSSR count). The molecular weight excluding hydrogens is 270 g/mol. The lowest BCUT2D eigenvalue weighted by Gasteiger charge is -2.26. The molecule has 120 valence electrons. The van der Waals surface area contributed by atoms with Gasteiger partial charge in [0, 0.05) is 26.2 Å². The minimum atomic E-state index is -0.462.